The molecule has 3 nitrogen and oxygen atoms in total. The number of nitrogens with zero attached hydrogens (tertiary/aromatic N) is 1. The number of nitrogens with one attached hydrogen (secondary N) is 1. The van der Waals surface area contributed by atoms with Gasteiger partial charge >= 0.3 is 0 Å². The Bertz CT molecular complexity index is 898. The van der Waals surface area contributed by atoms with Gasteiger partial charge in [-0.2, -0.15) is 0 Å². The van der Waals surface area contributed by atoms with Crippen LogP contribution in [-0.4, -0.2) is 30.4 Å². The Morgan fingerprint density at radius 3 is 2.03 bits per heavy atom. The summed E-state index contributed by atoms with van der Waals surface area (Å²) < 4.78 is 0. The van der Waals surface area contributed by atoms with Crippen LogP contribution >= 0.6 is 0 Å². The molecule has 1 fully saturated rings. The Morgan fingerprint density at radius 1 is 0.793 bits per heavy atom. The minimum absolute atomic E-state index is 0.0244. The largest absolute Gasteiger partial charge is 0.352 e. The smallest absolute Gasteiger partial charge is 0.251 e. The fourth-order valence-electron chi connectivity index (χ4n) is 3.97. The van der Waals surface area contributed by atoms with Gasteiger partial charge in [0.1, 0.15) is 0 Å². The summed E-state index contributed by atoms with van der Waals surface area (Å²) in [5.41, 5.74) is 4.40. The molecule has 0 radical (unpaired) electrons. The Morgan fingerprint density at radius 2 is 1.38 bits per heavy atom. The van der Waals surface area contributed by atoms with Crippen molar-refractivity contribution in [1.82, 2.24) is 10.2 Å². The standard InChI is InChI=1S/C26H28N2O/c29-26(25-13-11-24(12-14-25)23-9-5-2-6-10-23)27-19-21-15-17-28(18-16-21)20-22-7-3-1-4-8-22/h1-14,21H,15-20H2,(H,27,29). The van der Waals surface area contributed by atoms with Crippen LogP contribution in [0.4, 0.5) is 0 Å². The van der Waals surface area contributed by atoms with Crippen LogP contribution in [0.5, 0.6) is 0 Å². The average molecular weight is 385 g/mol. The number of amides is 1. The molecule has 1 heterocycles. The molecule has 0 unspecified atom stereocenters. The van der Waals surface area contributed by atoms with Gasteiger partial charge in [-0.25, -0.2) is 0 Å². The summed E-state index contributed by atoms with van der Waals surface area (Å²) in [7, 11) is 0. The molecule has 1 aliphatic heterocycles. The minimum Gasteiger partial charge on any atom is -0.352 e. The van der Waals surface area contributed by atoms with E-state index in [2.05, 4.69) is 52.7 Å². The molecule has 0 aromatic heterocycles. The Kier molecular flexibility index (Phi) is 6.38. The van der Waals surface area contributed by atoms with E-state index in [0.717, 1.165) is 50.1 Å². The van der Waals surface area contributed by atoms with E-state index in [1.807, 2.05) is 42.5 Å². The monoisotopic (exact) mass is 384 g/mol. The van der Waals surface area contributed by atoms with Crippen molar-refractivity contribution in [3.8, 4) is 11.1 Å². The number of carbonyl (C=O) groups is 1. The molecule has 1 aliphatic rings. The maximum absolute atomic E-state index is 12.5. The number of likely N-dealkylation sites (tertiary alicyclic amines) is 1. The van der Waals surface area contributed by atoms with E-state index in [0.29, 0.717) is 5.92 Å². The topological polar surface area (TPSA) is 32.3 Å². The van der Waals surface area contributed by atoms with Crippen molar-refractivity contribution in [3.05, 3.63) is 96.1 Å². The van der Waals surface area contributed by atoms with Crippen LogP contribution < -0.4 is 5.32 Å². The second kappa shape index (κ2) is 9.53. The first kappa shape index (κ1) is 19.4. The lowest BCUT2D eigenvalue weighted by atomic mass is 9.96. The lowest BCUT2D eigenvalue weighted by molar-refractivity contribution is 0.0935. The van der Waals surface area contributed by atoms with Crippen molar-refractivity contribution < 1.29 is 4.79 Å². The normalized spacial score (nSPS) is 15.2. The first-order valence-corrected chi connectivity index (χ1v) is 10.5. The van der Waals surface area contributed by atoms with Crippen LogP contribution in [0.2, 0.25) is 0 Å². The van der Waals surface area contributed by atoms with Crippen LogP contribution in [0.25, 0.3) is 11.1 Å². The fraction of sp³-hybridized carbons (Fsp3) is 0.269. The number of carbonyl (C=O) groups excluding carboxylic acids is 1. The lowest BCUT2D eigenvalue weighted by Crippen LogP contribution is -2.38. The highest BCUT2D eigenvalue weighted by molar-refractivity contribution is 5.94. The van der Waals surface area contributed by atoms with Gasteiger partial charge in [0.25, 0.3) is 5.91 Å². The van der Waals surface area contributed by atoms with Gasteiger partial charge in [0, 0.05) is 18.7 Å². The van der Waals surface area contributed by atoms with Crippen molar-refractivity contribution >= 4 is 5.91 Å². The molecule has 1 amide bonds. The van der Waals surface area contributed by atoms with Crippen molar-refractivity contribution in [3.63, 3.8) is 0 Å². The van der Waals surface area contributed by atoms with Gasteiger partial charge in [-0.1, -0.05) is 72.8 Å². The predicted octanol–water partition coefficient (Wildman–Crippen LogP) is 5.00. The van der Waals surface area contributed by atoms with E-state index >= 15 is 0 Å². The summed E-state index contributed by atoms with van der Waals surface area (Å²) >= 11 is 0. The van der Waals surface area contributed by atoms with Gasteiger partial charge in [-0.15, -0.1) is 0 Å². The summed E-state index contributed by atoms with van der Waals surface area (Å²) in [4.78, 5) is 15.0. The second-order valence-electron chi connectivity index (χ2n) is 7.86. The van der Waals surface area contributed by atoms with Gasteiger partial charge in [-0.3, -0.25) is 9.69 Å². The number of rotatable bonds is 6. The van der Waals surface area contributed by atoms with Gasteiger partial charge in [-0.05, 0) is 60.7 Å². The van der Waals surface area contributed by atoms with E-state index in [9.17, 15) is 4.79 Å². The summed E-state index contributed by atoms with van der Waals surface area (Å²) in [6.07, 6.45) is 2.28. The number of hydrogen-bond acceptors (Lipinski definition) is 2. The van der Waals surface area contributed by atoms with E-state index in [4.69, 9.17) is 0 Å². The lowest BCUT2D eigenvalue weighted by Gasteiger charge is -2.32. The molecule has 3 aromatic rings. The molecule has 0 atom stereocenters. The summed E-state index contributed by atoms with van der Waals surface area (Å²) in [6.45, 7) is 3.98. The van der Waals surface area contributed by atoms with Crippen LogP contribution in [0.15, 0.2) is 84.9 Å². The molecule has 3 heteroatoms. The van der Waals surface area contributed by atoms with Gasteiger partial charge in [0.2, 0.25) is 0 Å². The average Bonchev–Trinajstić information content (AvgIpc) is 2.80. The SMILES string of the molecule is O=C(NCC1CCN(Cc2ccccc2)CC1)c1ccc(-c2ccccc2)cc1. The van der Waals surface area contributed by atoms with E-state index < -0.39 is 0 Å². The molecule has 3 aromatic carbocycles. The van der Waals surface area contributed by atoms with Crippen molar-refractivity contribution in [2.45, 2.75) is 19.4 Å². The Labute approximate surface area is 173 Å². The quantitative estimate of drug-likeness (QED) is 0.649. The molecule has 148 valence electrons. The molecule has 1 N–H and O–H groups in total. The Hall–Kier alpha value is -2.91. The second-order valence-corrected chi connectivity index (χ2v) is 7.86. The highest BCUT2D eigenvalue weighted by Gasteiger charge is 2.20. The summed E-state index contributed by atoms with van der Waals surface area (Å²) in [6, 6.07) is 28.8. The van der Waals surface area contributed by atoms with Crippen LogP contribution in [-0.2, 0) is 6.54 Å². The molecular formula is C26H28N2O. The maximum Gasteiger partial charge on any atom is 0.251 e. The first-order chi connectivity index (χ1) is 14.3. The molecule has 4 rings (SSSR count). The van der Waals surface area contributed by atoms with Crippen LogP contribution in [0.1, 0.15) is 28.8 Å². The maximum atomic E-state index is 12.5. The third-order valence-corrected chi connectivity index (χ3v) is 5.76. The highest BCUT2D eigenvalue weighted by Crippen LogP contribution is 2.20. The minimum atomic E-state index is 0.0244. The van der Waals surface area contributed by atoms with E-state index in [-0.39, 0.29) is 5.91 Å². The van der Waals surface area contributed by atoms with Crippen molar-refractivity contribution in [1.29, 1.82) is 0 Å². The molecule has 0 spiro atoms. The van der Waals surface area contributed by atoms with Crippen LogP contribution in [0, 0.1) is 5.92 Å². The van der Waals surface area contributed by atoms with Gasteiger partial charge in [0.05, 0.1) is 0 Å². The van der Waals surface area contributed by atoms with E-state index in [1.54, 1.807) is 0 Å². The van der Waals surface area contributed by atoms with Crippen molar-refractivity contribution in [2.24, 2.45) is 5.92 Å². The fourth-order valence-corrected chi connectivity index (χ4v) is 3.97. The molecule has 0 saturated carbocycles. The Balaban J connectivity index is 1.23. The number of piperidine rings is 1. The molecule has 1 saturated heterocycles. The zero-order valence-corrected chi connectivity index (χ0v) is 16.8. The number of benzene rings is 3. The van der Waals surface area contributed by atoms with E-state index in [1.165, 1.54) is 11.1 Å². The molecule has 0 aliphatic carbocycles. The molecule has 29 heavy (non-hydrogen) atoms. The predicted molar refractivity (Wildman–Crippen MR) is 119 cm³/mol. The summed E-state index contributed by atoms with van der Waals surface area (Å²) in [5.74, 6) is 0.589. The highest BCUT2D eigenvalue weighted by atomic mass is 16.1. The zero-order valence-electron chi connectivity index (χ0n) is 16.8. The molecule has 0 bridgehead atoms. The summed E-state index contributed by atoms with van der Waals surface area (Å²) in [5, 5.41) is 3.13. The third kappa shape index (κ3) is 5.33. The first-order valence-electron chi connectivity index (χ1n) is 10.5. The number of hydrogen-bond donors (Lipinski definition) is 1. The zero-order chi connectivity index (χ0) is 19.9. The van der Waals surface area contributed by atoms with Gasteiger partial charge in [0.15, 0.2) is 0 Å². The van der Waals surface area contributed by atoms with Crippen LogP contribution in [0.3, 0.4) is 0 Å². The third-order valence-electron chi connectivity index (χ3n) is 5.76. The van der Waals surface area contributed by atoms with Gasteiger partial charge < -0.3 is 5.32 Å². The van der Waals surface area contributed by atoms with Crippen molar-refractivity contribution in [2.75, 3.05) is 19.6 Å². The molecular weight excluding hydrogens is 356 g/mol.